The van der Waals surface area contributed by atoms with Gasteiger partial charge in [-0.25, -0.2) is 0 Å². The Morgan fingerprint density at radius 1 is 1.21 bits per heavy atom. The number of aliphatic imine (C=N–C) groups is 1. The lowest BCUT2D eigenvalue weighted by Gasteiger charge is -2.28. The lowest BCUT2D eigenvalue weighted by Crippen LogP contribution is -2.40. The number of hydrogen-bond acceptors (Lipinski definition) is 3. The molecule has 0 aromatic heterocycles. The molecule has 1 aliphatic rings. The van der Waals surface area contributed by atoms with Crippen molar-refractivity contribution >= 4 is 5.96 Å². The van der Waals surface area contributed by atoms with Crippen molar-refractivity contribution in [3.05, 3.63) is 29.8 Å². The van der Waals surface area contributed by atoms with E-state index in [0.717, 1.165) is 31.3 Å². The lowest BCUT2D eigenvalue weighted by atomic mass is 9.79. The van der Waals surface area contributed by atoms with Gasteiger partial charge in [0, 0.05) is 25.6 Å². The number of ether oxygens (including phenoxy) is 2. The molecule has 0 atom stereocenters. The van der Waals surface area contributed by atoms with Gasteiger partial charge in [-0.15, -0.1) is 0 Å². The monoisotopic (exact) mass is 333 g/mol. The van der Waals surface area contributed by atoms with Gasteiger partial charge in [0.25, 0.3) is 0 Å². The predicted octanol–water partition coefficient (Wildman–Crippen LogP) is 2.71. The molecule has 1 aliphatic carbocycles. The summed E-state index contributed by atoms with van der Waals surface area (Å²) in [5, 5.41) is 6.64. The van der Waals surface area contributed by atoms with E-state index in [0.29, 0.717) is 6.61 Å². The van der Waals surface area contributed by atoms with Crippen molar-refractivity contribution in [2.75, 3.05) is 40.5 Å². The Bertz CT molecular complexity index is 525. The molecule has 1 aromatic carbocycles. The average molecular weight is 333 g/mol. The van der Waals surface area contributed by atoms with Gasteiger partial charge in [0.2, 0.25) is 0 Å². The number of methoxy groups -OCH3 is 2. The molecule has 0 aliphatic heterocycles. The molecule has 0 spiro atoms. The summed E-state index contributed by atoms with van der Waals surface area (Å²) in [7, 11) is 3.43. The second-order valence-corrected chi connectivity index (χ2v) is 6.33. The van der Waals surface area contributed by atoms with E-state index in [1.807, 2.05) is 6.07 Å². The molecule has 0 radical (unpaired) electrons. The van der Waals surface area contributed by atoms with Crippen LogP contribution in [-0.2, 0) is 10.2 Å². The van der Waals surface area contributed by atoms with E-state index in [1.165, 1.54) is 31.2 Å². The highest BCUT2D eigenvalue weighted by Crippen LogP contribution is 2.42. The van der Waals surface area contributed by atoms with E-state index in [1.54, 1.807) is 14.2 Å². The summed E-state index contributed by atoms with van der Waals surface area (Å²) >= 11 is 0. The SMILES string of the molecule is CCNC(=NCC1(c2cccc(OC)c2)CCCC1)NCCOC. The first-order valence-electron chi connectivity index (χ1n) is 8.90. The smallest absolute Gasteiger partial charge is 0.191 e. The van der Waals surface area contributed by atoms with E-state index < -0.39 is 0 Å². The molecule has 134 valence electrons. The van der Waals surface area contributed by atoms with E-state index in [9.17, 15) is 0 Å². The first-order valence-corrected chi connectivity index (χ1v) is 8.90. The third-order valence-corrected chi connectivity index (χ3v) is 4.73. The van der Waals surface area contributed by atoms with Crippen LogP contribution in [0.5, 0.6) is 5.75 Å². The molecule has 5 nitrogen and oxygen atoms in total. The van der Waals surface area contributed by atoms with Gasteiger partial charge < -0.3 is 20.1 Å². The predicted molar refractivity (Wildman–Crippen MR) is 99.0 cm³/mol. The van der Waals surface area contributed by atoms with Gasteiger partial charge in [0.1, 0.15) is 5.75 Å². The van der Waals surface area contributed by atoms with Gasteiger partial charge in [-0.1, -0.05) is 25.0 Å². The molecular weight excluding hydrogens is 302 g/mol. The zero-order valence-electron chi connectivity index (χ0n) is 15.2. The Morgan fingerprint density at radius 2 is 2.00 bits per heavy atom. The highest BCUT2D eigenvalue weighted by Gasteiger charge is 2.35. The minimum atomic E-state index is 0.123. The maximum absolute atomic E-state index is 5.41. The third-order valence-electron chi connectivity index (χ3n) is 4.73. The van der Waals surface area contributed by atoms with E-state index in [-0.39, 0.29) is 5.41 Å². The summed E-state index contributed by atoms with van der Waals surface area (Å²) in [6, 6.07) is 8.48. The van der Waals surface area contributed by atoms with Crippen molar-refractivity contribution in [1.82, 2.24) is 10.6 Å². The van der Waals surface area contributed by atoms with E-state index >= 15 is 0 Å². The number of hydrogen-bond donors (Lipinski definition) is 2. The largest absolute Gasteiger partial charge is 0.497 e. The van der Waals surface area contributed by atoms with Crippen molar-refractivity contribution in [3.63, 3.8) is 0 Å². The first kappa shape index (κ1) is 18.6. The number of guanidine groups is 1. The number of nitrogens with zero attached hydrogens (tertiary/aromatic N) is 1. The molecule has 5 heteroatoms. The second-order valence-electron chi connectivity index (χ2n) is 6.33. The molecule has 0 heterocycles. The summed E-state index contributed by atoms with van der Waals surface area (Å²) in [4.78, 5) is 4.87. The van der Waals surface area contributed by atoms with E-state index in [4.69, 9.17) is 14.5 Å². The lowest BCUT2D eigenvalue weighted by molar-refractivity contribution is 0.203. The van der Waals surface area contributed by atoms with Crippen LogP contribution >= 0.6 is 0 Å². The maximum Gasteiger partial charge on any atom is 0.191 e. The van der Waals surface area contributed by atoms with Crippen LogP contribution in [0.25, 0.3) is 0 Å². The van der Waals surface area contributed by atoms with Crippen LogP contribution in [0.15, 0.2) is 29.3 Å². The second kappa shape index (κ2) is 9.52. The van der Waals surface area contributed by atoms with Crippen LogP contribution in [0.1, 0.15) is 38.2 Å². The average Bonchev–Trinajstić information content (AvgIpc) is 3.10. The molecule has 1 fully saturated rings. The summed E-state index contributed by atoms with van der Waals surface area (Å²) < 4.78 is 10.5. The van der Waals surface area contributed by atoms with Crippen molar-refractivity contribution < 1.29 is 9.47 Å². The highest BCUT2D eigenvalue weighted by molar-refractivity contribution is 5.79. The van der Waals surface area contributed by atoms with Gasteiger partial charge in [-0.3, -0.25) is 4.99 Å². The van der Waals surface area contributed by atoms with Gasteiger partial charge in [0.05, 0.1) is 20.3 Å². The van der Waals surface area contributed by atoms with Crippen LogP contribution in [-0.4, -0.2) is 46.4 Å². The molecule has 2 rings (SSSR count). The highest BCUT2D eigenvalue weighted by atomic mass is 16.5. The van der Waals surface area contributed by atoms with Crippen molar-refractivity contribution in [3.8, 4) is 5.75 Å². The van der Waals surface area contributed by atoms with Gasteiger partial charge in [-0.2, -0.15) is 0 Å². The zero-order chi connectivity index (χ0) is 17.3. The molecular formula is C19H31N3O2. The zero-order valence-corrected chi connectivity index (χ0v) is 15.2. The van der Waals surface area contributed by atoms with Crippen LogP contribution in [0, 0.1) is 0 Å². The Balaban J connectivity index is 2.15. The Morgan fingerprint density at radius 3 is 2.67 bits per heavy atom. The minimum Gasteiger partial charge on any atom is -0.497 e. The third kappa shape index (κ3) is 4.87. The van der Waals surface area contributed by atoms with Gasteiger partial charge in [-0.05, 0) is 37.5 Å². The molecule has 1 aromatic rings. The molecule has 0 unspecified atom stereocenters. The minimum absolute atomic E-state index is 0.123. The molecule has 2 N–H and O–H groups in total. The van der Waals surface area contributed by atoms with Crippen molar-refractivity contribution in [2.24, 2.45) is 4.99 Å². The van der Waals surface area contributed by atoms with Crippen LogP contribution in [0.3, 0.4) is 0 Å². The Hall–Kier alpha value is -1.75. The molecule has 0 saturated heterocycles. The molecule has 0 bridgehead atoms. The van der Waals surface area contributed by atoms with E-state index in [2.05, 4.69) is 35.8 Å². The fourth-order valence-electron chi connectivity index (χ4n) is 3.39. The quantitative estimate of drug-likeness (QED) is 0.436. The standard InChI is InChI=1S/C19H31N3O2/c1-4-20-18(21-12-13-23-2)22-15-19(10-5-6-11-19)16-8-7-9-17(14-16)24-3/h7-9,14H,4-6,10-13,15H2,1-3H3,(H2,20,21,22). The van der Waals surface area contributed by atoms with Crippen molar-refractivity contribution in [1.29, 1.82) is 0 Å². The van der Waals surface area contributed by atoms with Crippen LogP contribution < -0.4 is 15.4 Å². The maximum atomic E-state index is 5.41. The first-order chi connectivity index (χ1) is 11.7. The Labute approximate surface area is 145 Å². The Kier molecular flexibility index (Phi) is 7.37. The molecule has 0 amide bonds. The number of benzene rings is 1. The molecule has 24 heavy (non-hydrogen) atoms. The van der Waals surface area contributed by atoms with Crippen LogP contribution in [0.4, 0.5) is 0 Å². The fraction of sp³-hybridized carbons (Fsp3) is 0.632. The van der Waals surface area contributed by atoms with Crippen molar-refractivity contribution in [2.45, 2.75) is 38.0 Å². The summed E-state index contributed by atoms with van der Waals surface area (Å²) in [6.07, 6.45) is 4.89. The van der Waals surface area contributed by atoms with Gasteiger partial charge >= 0.3 is 0 Å². The van der Waals surface area contributed by atoms with Gasteiger partial charge in [0.15, 0.2) is 5.96 Å². The summed E-state index contributed by atoms with van der Waals surface area (Å²) in [5.74, 6) is 1.79. The topological polar surface area (TPSA) is 54.9 Å². The molecule has 1 saturated carbocycles. The van der Waals surface area contributed by atoms with Crippen LogP contribution in [0.2, 0.25) is 0 Å². The normalized spacial score (nSPS) is 16.9. The number of rotatable bonds is 8. The fourth-order valence-corrected chi connectivity index (χ4v) is 3.39. The summed E-state index contributed by atoms with van der Waals surface area (Å²) in [5.41, 5.74) is 1.47. The summed E-state index contributed by atoms with van der Waals surface area (Å²) in [6.45, 7) is 5.16. The number of nitrogens with one attached hydrogen (secondary N) is 2.